The maximum atomic E-state index is 12.1. The number of carbonyl (C=O) groups excluding carboxylic acids is 1. The normalized spacial score (nSPS) is 11.6. The van der Waals surface area contributed by atoms with Crippen LogP contribution in [0.25, 0.3) is 11.0 Å². The summed E-state index contributed by atoms with van der Waals surface area (Å²) in [6.07, 6.45) is 4.79. The van der Waals surface area contributed by atoms with Crippen molar-refractivity contribution in [1.82, 2.24) is 19.0 Å². The van der Waals surface area contributed by atoms with Gasteiger partial charge in [0.05, 0.1) is 5.69 Å². The van der Waals surface area contributed by atoms with Crippen molar-refractivity contribution >= 4 is 51.3 Å². The van der Waals surface area contributed by atoms with Crippen LogP contribution >= 0.6 is 34.5 Å². The minimum absolute atomic E-state index is 0.209. The fourth-order valence-corrected chi connectivity index (χ4v) is 2.91. The van der Waals surface area contributed by atoms with Crippen LogP contribution in [0.1, 0.15) is 16.2 Å². The van der Waals surface area contributed by atoms with Crippen molar-refractivity contribution in [2.45, 2.75) is 0 Å². The van der Waals surface area contributed by atoms with Gasteiger partial charge in [0.25, 0.3) is 0 Å². The number of nitrogens with zero attached hydrogens (tertiary/aromatic N) is 4. The molecular formula is C10H5ClN4OS2. The summed E-state index contributed by atoms with van der Waals surface area (Å²) in [5.41, 5.74) is 1.02. The van der Waals surface area contributed by atoms with Crippen molar-refractivity contribution in [3.8, 4) is 0 Å². The number of rotatable bonds is 3. The highest BCUT2D eigenvalue weighted by Gasteiger charge is 2.16. The number of ketones is 1. The van der Waals surface area contributed by atoms with Crippen molar-refractivity contribution < 1.29 is 4.79 Å². The lowest BCUT2D eigenvalue weighted by atomic mass is 10.2. The molecule has 0 aliphatic heterocycles. The predicted octanol–water partition coefficient (Wildman–Crippen LogP) is 2.80. The van der Waals surface area contributed by atoms with E-state index in [2.05, 4.69) is 14.6 Å². The number of halogens is 1. The summed E-state index contributed by atoms with van der Waals surface area (Å²) in [4.78, 5) is 16.9. The Morgan fingerprint density at radius 2 is 2.39 bits per heavy atom. The second-order valence-corrected chi connectivity index (χ2v) is 5.18. The number of aromatic nitrogens is 4. The molecular weight excluding hydrogens is 292 g/mol. The van der Waals surface area contributed by atoms with Gasteiger partial charge in [-0.05, 0) is 23.7 Å². The molecule has 3 aromatic heterocycles. The zero-order valence-corrected chi connectivity index (χ0v) is 11.2. The summed E-state index contributed by atoms with van der Waals surface area (Å²) in [5.74, 6) is -0.209. The van der Waals surface area contributed by atoms with Crippen molar-refractivity contribution in [3.63, 3.8) is 0 Å². The highest BCUT2D eigenvalue weighted by atomic mass is 35.5. The van der Waals surface area contributed by atoms with Crippen molar-refractivity contribution in [1.29, 1.82) is 0 Å². The van der Waals surface area contributed by atoms with Gasteiger partial charge in [-0.1, -0.05) is 16.1 Å². The van der Waals surface area contributed by atoms with Crippen LogP contribution in [0.15, 0.2) is 23.0 Å². The summed E-state index contributed by atoms with van der Waals surface area (Å²) >= 11 is 8.61. The standard InChI is InChI=1S/C10H5ClN4OS2/c11-9-8(15-3-4-17-10(15)12-9)7(16)2-1-6-5-18-14-13-6/h1-5H. The van der Waals surface area contributed by atoms with E-state index in [9.17, 15) is 4.79 Å². The number of hydrogen-bond donors (Lipinski definition) is 0. The van der Waals surface area contributed by atoms with E-state index in [4.69, 9.17) is 11.6 Å². The second kappa shape index (κ2) is 4.60. The quantitative estimate of drug-likeness (QED) is 0.551. The van der Waals surface area contributed by atoms with Crippen LogP contribution in [0.4, 0.5) is 0 Å². The number of allylic oxidation sites excluding steroid dienone is 1. The SMILES string of the molecule is O=C(C=Cc1csnn1)c1c(Cl)nc2sccn12. The Morgan fingerprint density at radius 1 is 1.50 bits per heavy atom. The Kier molecular flexibility index (Phi) is 2.94. The van der Waals surface area contributed by atoms with E-state index >= 15 is 0 Å². The molecule has 3 heterocycles. The molecule has 8 heteroatoms. The Morgan fingerprint density at radius 3 is 3.17 bits per heavy atom. The highest BCUT2D eigenvalue weighted by molar-refractivity contribution is 7.15. The van der Waals surface area contributed by atoms with Crippen LogP contribution in [-0.4, -0.2) is 24.8 Å². The average Bonchev–Trinajstić information content (AvgIpc) is 3.01. The molecule has 0 aliphatic carbocycles. The molecule has 90 valence electrons. The zero-order chi connectivity index (χ0) is 12.5. The van der Waals surface area contributed by atoms with Gasteiger partial charge >= 0.3 is 0 Å². The van der Waals surface area contributed by atoms with Crippen LogP contribution < -0.4 is 0 Å². The van der Waals surface area contributed by atoms with E-state index in [1.807, 2.05) is 5.38 Å². The molecule has 0 unspecified atom stereocenters. The van der Waals surface area contributed by atoms with Crippen molar-refractivity contribution in [2.75, 3.05) is 0 Å². The van der Waals surface area contributed by atoms with Gasteiger partial charge in [-0.2, -0.15) is 0 Å². The Bertz CT molecular complexity index is 728. The summed E-state index contributed by atoms with van der Waals surface area (Å²) < 4.78 is 5.39. The van der Waals surface area contributed by atoms with Gasteiger partial charge in [0.2, 0.25) is 5.78 Å². The van der Waals surface area contributed by atoms with Gasteiger partial charge in [-0.3, -0.25) is 9.20 Å². The summed E-state index contributed by atoms with van der Waals surface area (Å²) in [7, 11) is 0. The molecule has 3 rings (SSSR count). The largest absolute Gasteiger partial charge is 0.287 e. The third-order valence-electron chi connectivity index (χ3n) is 2.24. The topological polar surface area (TPSA) is 60.2 Å². The molecule has 0 spiro atoms. The van der Waals surface area contributed by atoms with Gasteiger partial charge in [0.1, 0.15) is 5.69 Å². The Hall–Kier alpha value is -1.57. The summed E-state index contributed by atoms with van der Waals surface area (Å²) in [6.45, 7) is 0. The monoisotopic (exact) mass is 296 g/mol. The molecule has 0 aliphatic rings. The summed E-state index contributed by atoms with van der Waals surface area (Å²) in [5, 5.41) is 7.64. The molecule has 0 bridgehead atoms. The van der Waals surface area contributed by atoms with E-state index < -0.39 is 0 Å². The molecule has 5 nitrogen and oxygen atoms in total. The molecule has 0 amide bonds. The fourth-order valence-electron chi connectivity index (χ4n) is 1.46. The summed E-state index contributed by atoms with van der Waals surface area (Å²) in [6, 6.07) is 0. The number of imidazole rings is 1. The first-order valence-corrected chi connectivity index (χ1v) is 6.95. The van der Waals surface area contributed by atoms with E-state index in [1.165, 1.54) is 28.9 Å². The number of thiazole rings is 1. The Balaban J connectivity index is 1.97. The molecule has 18 heavy (non-hydrogen) atoms. The number of carbonyl (C=O) groups is 1. The van der Waals surface area contributed by atoms with Gasteiger partial charge in [0.15, 0.2) is 10.1 Å². The first-order valence-electron chi connectivity index (χ1n) is 4.86. The maximum absolute atomic E-state index is 12.1. The Labute approximate surface area is 115 Å². The molecule has 0 fully saturated rings. The molecule has 0 saturated carbocycles. The van der Waals surface area contributed by atoms with E-state index in [0.717, 1.165) is 0 Å². The minimum Gasteiger partial charge on any atom is -0.287 e. The second-order valence-electron chi connectivity index (χ2n) is 3.33. The number of fused-ring (bicyclic) bond motifs is 1. The maximum Gasteiger partial charge on any atom is 0.205 e. The first-order chi connectivity index (χ1) is 8.75. The van der Waals surface area contributed by atoms with Crippen molar-refractivity contribution in [2.24, 2.45) is 0 Å². The van der Waals surface area contributed by atoms with E-state index in [1.54, 1.807) is 22.1 Å². The van der Waals surface area contributed by atoms with Gasteiger partial charge < -0.3 is 0 Å². The average molecular weight is 297 g/mol. The molecule has 0 N–H and O–H groups in total. The minimum atomic E-state index is -0.209. The number of hydrogen-bond acceptors (Lipinski definition) is 6. The van der Waals surface area contributed by atoms with Crippen LogP contribution in [0.5, 0.6) is 0 Å². The third kappa shape index (κ3) is 1.96. The van der Waals surface area contributed by atoms with E-state index in [0.29, 0.717) is 16.3 Å². The molecule has 0 atom stereocenters. The van der Waals surface area contributed by atoms with Crippen LogP contribution in [0.2, 0.25) is 5.15 Å². The van der Waals surface area contributed by atoms with E-state index in [-0.39, 0.29) is 10.9 Å². The van der Waals surface area contributed by atoms with Crippen molar-refractivity contribution in [3.05, 3.63) is 39.6 Å². The van der Waals surface area contributed by atoms with Gasteiger partial charge in [0, 0.05) is 17.0 Å². The molecule has 0 aromatic carbocycles. The predicted molar refractivity (Wildman–Crippen MR) is 71.4 cm³/mol. The molecule has 0 radical (unpaired) electrons. The lowest BCUT2D eigenvalue weighted by molar-refractivity contribution is 0.104. The molecule has 3 aromatic rings. The lowest BCUT2D eigenvalue weighted by Crippen LogP contribution is -1.99. The zero-order valence-electron chi connectivity index (χ0n) is 8.78. The van der Waals surface area contributed by atoms with Crippen LogP contribution in [0.3, 0.4) is 0 Å². The van der Waals surface area contributed by atoms with Crippen LogP contribution in [-0.2, 0) is 0 Å². The lowest BCUT2D eigenvalue weighted by Gasteiger charge is -1.93. The fraction of sp³-hybridized carbons (Fsp3) is 0. The van der Waals surface area contributed by atoms with Gasteiger partial charge in [-0.15, -0.1) is 16.4 Å². The smallest absolute Gasteiger partial charge is 0.205 e. The van der Waals surface area contributed by atoms with Crippen LogP contribution in [0, 0.1) is 0 Å². The third-order valence-corrected chi connectivity index (χ3v) is 3.78. The van der Waals surface area contributed by atoms with Gasteiger partial charge in [-0.25, -0.2) is 4.98 Å². The molecule has 0 saturated heterocycles. The first kappa shape index (κ1) is 11.5. The highest BCUT2D eigenvalue weighted by Crippen LogP contribution is 2.22.